The molecule has 0 aromatic carbocycles. The van der Waals surface area contributed by atoms with Gasteiger partial charge in [-0.3, -0.25) is 4.79 Å². The number of rotatable bonds is 3. The van der Waals surface area contributed by atoms with E-state index in [9.17, 15) is 4.79 Å². The van der Waals surface area contributed by atoms with Crippen molar-refractivity contribution in [1.29, 1.82) is 0 Å². The average Bonchev–Trinajstić information content (AvgIpc) is 2.75. The molecule has 0 radical (unpaired) electrons. The summed E-state index contributed by atoms with van der Waals surface area (Å²) >= 11 is 0. The molecule has 0 saturated heterocycles. The summed E-state index contributed by atoms with van der Waals surface area (Å²) in [5.41, 5.74) is 0. The summed E-state index contributed by atoms with van der Waals surface area (Å²) in [6, 6.07) is 0. The van der Waals surface area contributed by atoms with Crippen molar-refractivity contribution in [2.45, 2.75) is 44.4 Å². The highest BCUT2D eigenvalue weighted by molar-refractivity contribution is 5.68. The summed E-state index contributed by atoms with van der Waals surface area (Å²) < 4.78 is 5.62. The van der Waals surface area contributed by atoms with Crippen LogP contribution in [0.5, 0.6) is 0 Å². The predicted molar refractivity (Wildman–Crippen MR) is 65.4 cm³/mol. The molecule has 102 valence electrons. The highest BCUT2D eigenvalue weighted by Gasteiger charge is 2.50. The Morgan fingerprint density at radius 3 is 2.32 bits per heavy atom. The van der Waals surface area contributed by atoms with E-state index in [4.69, 9.17) is 9.52 Å². The van der Waals surface area contributed by atoms with Crippen molar-refractivity contribution in [2.24, 2.45) is 23.7 Å². The van der Waals surface area contributed by atoms with E-state index in [2.05, 4.69) is 10.2 Å². The van der Waals surface area contributed by atoms with Gasteiger partial charge in [-0.15, -0.1) is 10.2 Å². The van der Waals surface area contributed by atoms with E-state index >= 15 is 0 Å². The molecular weight excluding hydrogens is 244 g/mol. The molecule has 4 aliphatic rings. The quantitative estimate of drug-likeness (QED) is 0.904. The fraction of sp³-hybridized carbons (Fsp3) is 0.786. The van der Waals surface area contributed by atoms with Crippen molar-refractivity contribution in [3.63, 3.8) is 0 Å². The van der Waals surface area contributed by atoms with Crippen LogP contribution in [0.4, 0.5) is 0 Å². The third kappa shape index (κ3) is 1.86. The normalized spacial score (nSPS) is 39.7. The first kappa shape index (κ1) is 11.4. The second kappa shape index (κ2) is 4.05. The van der Waals surface area contributed by atoms with Crippen LogP contribution in [0, 0.1) is 23.7 Å². The molecule has 4 bridgehead atoms. The van der Waals surface area contributed by atoms with Crippen molar-refractivity contribution < 1.29 is 14.3 Å². The zero-order valence-corrected chi connectivity index (χ0v) is 10.8. The topological polar surface area (TPSA) is 76.2 Å². The van der Waals surface area contributed by atoms with Crippen LogP contribution < -0.4 is 0 Å². The molecule has 4 fully saturated rings. The van der Waals surface area contributed by atoms with Crippen LogP contribution in [0.25, 0.3) is 0 Å². The smallest absolute Gasteiger partial charge is 0.312 e. The molecule has 1 N–H and O–H groups in total. The number of carboxylic acids is 1. The van der Waals surface area contributed by atoms with Crippen molar-refractivity contribution in [2.75, 3.05) is 0 Å². The minimum absolute atomic E-state index is 0.166. The van der Waals surface area contributed by atoms with E-state index in [0.717, 1.165) is 11.8 Å². The first-order chi connectivity index (χ1) is 9.19. The average molecular weight is 262 g/mol. The summed E-state index contributed by atoms with van der Waals surface area (Å²) in [4.78, 5) is 10.7. The van der Waals surface area contributed by atoms with Gasteiger partial charge >= 0.3 is 5.97 Å². The Bertz CT molecular complexity index is 483. The van der Waals surface area contributed by atoms with E-state index in [1.807, 2.05) is 0 Å². The molecule has 5 rings (SSSR count). The van der Waals surface area contributed by atoms with E-state index in [1.54, 1.807) is 0 Å². The maximum absolute atomic E-state index is 10.7. The molecule has 5 heteroatoms. The highest BCUT2D eigenvalue weighted by Crippen LogP contribution is 2.59. The molecule has 1 heterocycles. The Morgan fingerprint density at radius 2 is 1.74 bits per heavy atom. The first-order valence-electron chi connectivity index (χ1n) is 7.23. The van der Waals surface area contributed by atoms with E-state index in [0.29, 0.717) is 23.6 Å². The van der Waals surface area contributed by atoms with Crippen LogP contribution in [0.2, 0.25) is 0 Å². The molecule has 0 spiro atoms. The second-order valence-corrected chi connectivity index (χ2v) is 6.56. The largest absolute Gasteiger partial charge is 0.481 e. The molecule has 0 unspecified atom stereocenters. The second-order valence-electron chi connectivity index (χ2n) is 6.56. The number of hydrogen-bond donors (Lipinski definition) is 1. The lowest BCUT2D eigenvalue weighted by Gasteiger charge is -2.53. The molecule has 0 atom stereocenters. The summed E-state index contributed by atoms with van der Waals surface area (Å²) in [5, 5.41) is 16.8. The monoisotopic (exact) mass is 262 g/mol. The molecule has 1 aromatic rings. The van der Waals surface area contributed by atoms with Crippen LogP contribution in [0.15, 0.2) is 4.42 Å². The summed E-state index contributed by atoms with van der Waals surface area (Å²) in [7, 11) is 0. The van der Waals surface area contributed by atoms with E-state index < -0.39 is 5.97 Å². The minimum Gasteiger partial charge on any atom is -0.481 e. The Morgan fingerprint density at radius 1 is 1.11 bits per heavy atom. The number of carbonyl (C=O) groups is 1. The summed E-state index contributed by atoms with van der Waals surface area (Å²) in [6.07, 6.45) is 6.46. The third-order valence-corrected chi connectivity index (χ3v) is 5.30. The number of carboxylic acid groups (broad SMARTS) is 1. The van der Waals surface area contributed by atoms with Gasteiger partial charge in [0, 0.05) is 5.92 Å². The number of aromatic nitrogens is 2. The zero-order valence-electron chi connectivity index (χ0n) is 10.8. The summed E-state index contributed by atoms with van der Waals surface area (Å²) in [6.45, 7) is 0. The Balaban J connectivity index is 1.58. The predicted octanol–water partition coefficient (Wildman–Crippen LogP) is 2.24. The fourth-order valence-electron chi connectivity index (χ4n) is 4.93. The molecule has 19 heavy (non-hydrogen) atoms. The van der Waals surface area contributed by atoms with Crippen LogP contribution in [-0.4, -0.2) is 21.3 Å². The van der Waals surface area contributed by atoms with E-state index in [1.165, 1.54) is 32.1 Å². The van der Waals surface area contributed by atoms with Crippen molar-refractivity contribution in [1.82, 2.24) is 10.2 Å². The number of nitrogens with zero attached hydrogens (tertiary/aromatic N) is 2. The first-order valence-corrected chi connectivity index (χ1v) is 7.23. The molecule has 0 aliphatic heterocycles. The Hall–Kier alpha value is -1.39. The van der Waals surface area contributed by atoms with Gasteiger partial charge in [0.15, 0.2) is 0 Å². The lowest BCUT2D eigenvalue weighted by atomic mass is 9.52. The maximum atomic E-state index is 10.7. The molecule has 5 nitrogen and oxygen atoms in total. The lowest BCUT2D eigenvalue weighted by molar-refractivity contribution is -0.136. The van der Waals surface area contributed by atoms with Gasteiger partial charge in [0.25, 0.3) is 0 Å². The highest BCUT2D eigenvalue weighted by atomic mass is 16.4. The van der Waals surface area contributed by atoms with Gasteiger partial charge in [-0.1, -0.05) is 0 Å². The maximum Gasteiger partial charge on any atom is 0.312 e. The van der Waals surface area contributed by atoms with Crippen molar-refractivity contribution in [3.8, 4) is 0 Å². The van der Waals surface area contributed by atoms with Gasteiger partial charge in [0.2, 0.25) is 11.8 Å². The van der Waals surface area contributed by atoms with Crippen molar-refractivity contribution in [3.05, 3.63) is 11.8 Å². The van der Waals surface area contributed by atoms with E-state index in [-0.39, 0.29) is 12.3 Å². The molecule has 4 aliphatic carbocycles. The Labute approximate surface area is 111 Å². The van der Waals surface area contributed by atoms with Crippen LogP contribution in [0.3, 0.4) is 0 Å². The number of hydrogen-bond acceptors (Lipinski definition) is 4. The Kier molecular flexibility index (Phi) is 2.44. The van der Waals surface area contributed by atoms with Gasteiger partial charge in [0.05, 0.1) is 0 Å². The van der Waals surface area contributed by atoms with Crippen LogP contribution in [0.1, 0.15) is 49.8 Å². The number of aliphatic carboxylic acids is 1. The fourth-order valence-corrected chi connectivity index (χ4v) is 4.93. The van der Waals surface area contributed by atoms with Gasteiger partial charge in [-0.05, 0) is 55.8 Å². The molecular formula is C14H18N2O3. The van der Waals surface area contributed by atoms with Crippen LogP contribution in [-0.2, 0) is 11.2 Å². The third-order valence-electron chi connectivity index (χ3n) is 5.30. The molecule has 0 amide bonds. The standard InChI is InChI=1S/C14H18N2O3/c17-12(18)6-11-15-16-14(19-11)13-9-2-7-1-8(4-9)5-10(13)3-7/h7-10,13H,1-6H2,(H,17,18). The SMILES string of the molecule is O=C(O)Cc1nnc(C2C3CC4CC(C3)CC2C4)o1. The molecule has 4 saturated carbocycles. The van der Waals surface area contributed by atoms with Crippen LogP contribution >= 0.6 is 0 Å². The minimum atomic E-state index is -0.916. The summed E-state index contributed by atoms with van der Waals surface area (Å²) in [5.74, 6) is 3.63. The molecule has 1 aromatic heterocycles. The van der Waals surface area contributed by atoms with Crippen molar-refractivity contribution >= 4 is 5.97 Å². The van der Waals surface area contributed by atoms with Gasteiger partial charge in [0.1, 0.15) is 6.42 Å². The zero-order chi connectivity index (χ0) is 13.0. The van der Waals surface area contributed by atoms with Gasteiger partial charge in [-0.2, -0.15) is 0 Å². The van der Waals surface area contributed by atoms with Gasteiger partial charge in [-0.25, -0.2) is 0 Å². The lowest BCUT2D eigenvalue weighted by Crippen LogP contribution is -2.43. The van der Waals surface area contributed by atoms with Gasteiger partial charge < -0.3 is 9.52 Å².